The summed E-state index contributed by atoms with van der Waals surface area (Å²) in [5, 5.41) is 10.7. The van der Waals surface area contributed by atoms with E-state index in [4.69, 9.17) is 9.84 Å². The van der Waals surface area contributed by atoms with Gasteiger partial charge >= 0.3 is 5.97 Å². The third-order valence-electron chi connectivity index (χ3n) is 2.53. The van der Waals surface area contributed by atoms with Crippen LogP contribution in [0.5, 0.6) is 5.75 Å². The van der Waals surface area contributed by atoms with Crippen molar-refractivity contribution >= 4 is 16.7 Å². The monoisotopic (exact) mass is 242 g/mol. The number of hydrogen-bond donors (Lipinski definition) is 1. The molecule has 0 saturated carbocycles. The summed E-state index contributed by atoms with van der Waals surface area (Å²) in [6, 6.07) is 14.0. The Morgan fingerprint density at radius 1 is 1.17 bits per heavy atom. The van der Waals surface area contributed by atoms with Crippen LogP contribution in [0.1, 0.15) is 6.42 Å². The van der Waals surface area contributed by atoms with Crippen molar-refractivity contribution in [2.75, 3.05) is 6.61 Å². The molecule has 0 amide bonds. The van der Waals surface area contributed by atoms with Crippen molar-refractivity contribution in [2.45, 2.75) is 6.42 Å². The zero-order valence-electron chi connectivity index (χ0n) is 9.87. The maximum atomic E-state index is 10.3. The minimum Gasteiger partial charge on any atom is -0.493 e. The van der Waals surface area contributed by atoms with Crippen LogP contribution in [0.25, 0.3) is 10.8 Å². The van der Waals surface area contributed by atoms with E-state index in [1.807, 2.05) is 36.4 Å². The molecule has 0 aliphatic rings. The van der Waals surface area contributed by atoms with Crippen molar-refractivity contribution in [1.82, 2.24) is 0 Å². The van der Waals surface area contributed by atoms with Crippen molar-refractivity contribution in [3.05, 3.63) is 54.6 Å². The average molecular weight is 242 g/mol. The van der Waals surface area contributed by atoms with Crippen LogP contribution in [0, 0.1) is 0 Å². The molecule has 2 rings (SSSR count). The lowest BCUT2D eigenvalue weighted by atomic mass is 10.1. The zero-order valence-corrected chi connectivity index (χ0v) is 9.87. The first kappa shape index (κ1) is 12.2. The zero-order chi connectivity index (χ0) is 12.8. The van der Waals surface area contributed by atoms with Crippen LogP contribution < -0.4 is 4.74 Å². The van der Waals surface area contributed by atoms with Gasteiger partial charge in [0.15, 0.2) is 0 Å². The smallest absolute Gasteiger partial charge is 0.327 e. The second kappa shape index (κ2) is 5.87. The van der Waals surface area contributed by atoms with Crippen LogP contribution in [-0.2, 0) is 4.79 Å². The molecule has 2 aromatic rings. The normalized spacial score (nSPS) is 10.9. The number of ether oxygens (including phenoxy) is 1. The molecule has 0 unspecified atom stereocenters. The van der Waals surface area contributed by atoms with Crippen molar-refractivity contribution in [3.8, 4) is 5.75 Å². The molecule has 0 aromatic heterocycles. The van der Waals surface area contributed by atoms with Gasteiger partial charge in [-0.15, -0.1) is 0 Å². The Morgan fingerprint density at radius 3 is 2.72 bits per heavy atom. The van der Waals surface area contributed by atoms with E-state index >= 15 is 0 Å². The lowest BCUT2D eigenvalue weighted by Gasteiger charge is -2.05. The maximum absolute atomic E-state index is 10.3. The Balaban J connectivity index is 1.94. The third kappa shape index (κ3) is 3.35. The van der Waals surface area contributed by atoms with E-state index in [0.717, 1.165) is 17.2 Å². The molecule has 92 valence electrons. The first-order valence-electron chi connectivity index (χ1n) is 5.77. The molecule has 2 aromatic carbocycles. The maximum Gasteiger partial charge on any atom is 0.327 e. The molecular weight excluding hydrogens is 228 g/mol. The lowest BCUT2D eigenvalue weighted by Crippen LogP contribution is -1.96. The Bertz CT molecular complexity index is 573. The van der Waals surface area contributed by atoms with Gasteiger partial charge in [-0.25, -0.2) is 4.79 Å². The summed E-state index contributed by atoms with van der Waals surface area (Å²) < 4.78 is 5.55. The Morgan fingerprint density at radius 2 is 1.94 bits per heavy atom. The van der Waals surface area contributed by atoms with E-state index in [1.165, 1.54) is 5.39 Å². The van der Waals surface area contributed by atoms with Crippen molar-refractivity contribution in [1.29, 1.82) is 0 Å². The topological polar surface area (TPSA) is 46.5 Å². The molecule has 0 fully saturated rings. The fourth-order valence-corrected chi connectivity index (χ4v) is 1.69. The highest BCUT2D eigenvalue weighted by molar-refractivity contribution is 5.83. The second-order valence-electron chi connectivity index (χ2n) is 3.89. The number of hydrogen-bond acceptors (Lipinski definition) is 2. The van der Waals surface area contributed by atoms with Gasteiger partial charge in [-0.05, 0) is 29.3 Å². The molecule has 0 atom stereocenters. The van der Waals surface area contributed by atoms with Gasteiger partial charge in [0.1, 0.15) is 5.75 Å². The summed E-state index contributed by atoms with van der Waals surface area (Å²) in [7, 11) is 0. The van der Waals surface area contributed by atoms with Crippen molar-refractivity contribution < 1.29 is 14.6 Å². The van der Waals surface area contributed by atoms with Gasteiger partial charge in [-0.1, -0.05) is 36.4 Å². The Hall–Kier alpha value is -2.29. The molecule has 0 saturated heterocycles. The Kier molecular flexibility index (Phi) is 3.97. The van der Waals surface area contributed by atoms with E-state index in [2.05, 4.69) is 6.07 Å². The van der Waals surface area contributed by atoms with E-state index in [1.54, 1.807) is 6.08 Å². The first-order valence-corrected chi connectivity index (χ1v) is 5.77. The van der Waals surface area contributed by atoms with Crippen molar-refractivity contribution in [2.24, 2.45) is 0 Å². The minimum atomic E-state index is -0.930. The van der Waals surface area contributed by atoms with Gasteiger partial charge in [-0.2, -0.15) is 0 Å². The molecule has 18 heavy (non-hydrogen) atoms. The number of carbonyl (C=O) groups is 1. The molecule has 0 heterocycles. The van der Waals surface area contributed by atoms with Crippen LogP contribution in [0.4, 0.5) is 0 Å². The lowest BCUT2D eigenvalue weighted by molar-refractivity contribution is -0.131. The highest BCUT2D eigenvalue weighted by Crippen LogP contribution is 2.20. The summed E-state index contributed by atoms with van der Waals surface area (Å²) >= 11 is 0. The SMILES string of the molecule is O=C(O)/C=C/CCOc1ccc2ccccc2c1. The highest BCUT2D eigenvalue weighted by Gasteiger charge is 1.96. The number of benzene rings is 2. The number of rotatable bonds is 5. The molecule has 0 aliphatic heterocycles. The summed E-state index contributed by atoms with van der Waals surface area (Å²) in [5.41, 5.74) is 0. The van der Waals surface area contributed by atoms with Crippen LogP contribution in [-0.4, -0.2) is 17.7 Å². The van der Waals surface area contributed by atoms with Crippen LogP contribution in [0.2, 0.25) is 0 Å². The second-order valence-corrected chi connectivity index (χ2v) is 3.89. The van der Waals surface area contributed by atoms with Gasteiger partial charge in [0.2, 0.25) is 0 Å². The molecule has 3 heteroatoms. The molecular formula is C15H14O3. The predicted molar refractivity (Wildman–Crippen MR) is 70.8 cm³/mol. The molecule has 0 aliphatic carbocycles. The fourth-order valence-electron chi connectivity index (χ4n) is 1.69. The number of aliphatic carboxylic acids is 1. The standard InChI is InChI=1S/C15H14O3/c16-15(17)7-3-4-10-18-14-9-8-12-5-1-2-6-13(12)11-14/h1-3,5-9,11H,4,10H2,(H,16,17)/b7-3+. The number of carboxylic acids is 1. The van der Waals surface area contributed by atoms with Crippen LogP contribution in [0.3, 0.4) is 0 Å². The predicted octanol–water partition coefficient (Wildman–Crippen LogP) is 3.25. The van der Waals surface area contributed by atoms with Gasteiger partial charge in [0, 0.05) is 6.08 Å². The minimum absolute atomic E-state index is 0.474. The summed E-state index contributed by atoms with van der Waals surface area (Å²) in [6.07, 6.45) is 3.30. The number of carboxylic acid groups (broad SMARTS) is 1. The van der Waals surface area contributed by atoms with Gasteiger partial charge in [-0.3, -0.25) is 0 Å². The average Bonchev–Trinajstić information content (AvgIpc) is 2.38. The van der Waals surface area contributed by atoms with E-state index < -0.39 is 5.97 Å². The summed E-state index contributed by atoms with van der Waals surface area (Å²) in [5.74, 6) is -0.127. The van der Waals surface area contributed by atoms with E-state index in [9.17, 15) is 4.79 Å². The van der Waals surface area contributed by atoms with Gasteiger partial charge < -0.3 is 9.84 Å². The quantitative estimate of drug-likeness (QED) is 0.646. The molecule has 1 N–H and O–H groups in total. The largest absolute Gasteiger partial charge is 0.493 e. The summed E-state index contributed by atoms with van der Waals surface area (Å²) in [6.45, 7) is 0.474. The van der Waals surface area contributed by atoms with Gasteiger partial charge in [0.05, 0.1) is 6.61 Å². The molecule has 0 spiro atoms. The fraction of sp³-hybridized carbons (Fsp3) is 0.133. The van der Waals surface area contributed by atoms with Crippen molar-refractivity contribution in [3.63, 3.8) is 0 Å². The molecule has 3 nitrogen and oxygen atoms in total. The van der Waals surface area contributed by atoms with E-state index in [-0.39, 0.29) is 0 Å². The first-order chi connectivity index (χ1) is 8.75. The highest BCUT2D eigenvalue weighted by atomic mass is 16.5. The molecule has 0 bridgehead atoms. The van der Waals surface area contributed by atoms with E-state index in [0.29, 0.717) is 13.0 Å². The number of fused-ring (bicyclic) bond motifs is 1. The third-order valence-corrected chi connectivity index (χ3v) is 2.53. The van der Waals surface area contributed by atoms with Gasteiger partial charge in [0.25, 0.3) is 0 Å². The Labute approximate surface area is 105 Å². The van der Waals surface area contributed by atoms with Crippen LogP contribution in [0.15, 0.2) is 54.6 Å². The van der Waals surface area contributed by atoms with Crippen LogP contribution >= 0.6 is 0 Å². The summed E-state index contributed by atoms with van der Waals surface area (Å²) in [4.78, 5) is 10.3. The molecule has 0 radical (unpaired) electrons.